The van der Waals surface area contributed by atoms with Gasteiger partial charge in [-0.15, -0.1) is 0 Å². The van der Waals surface area contributed by atoms with Gasteiger partial charge >= 0.3 is 0 Å². The normalized spacial score (nSPS) is 11.9. The van der Waals surface area contributed by atoms with Crippen LogP contribution in [0.1, 0.15) is 38.3 Å². The SMILES string of the molecule is CC[C@@H](C(=O)NC(C)C)N(Cc1ccc(Cl)cc1Cl)C(=O)COc1ccc(Cl)c(C)c1. The number of nitrogens with zero attached hydrogens (tertiary/aromatic N) is 1. The Morgan fingerprint density at radius 2 is 1.77 bits per heavy atom. The molecule has 0 radical (unpaired) electrons. The van der Waals surface area contributed by atoms with Gasteiger partial charge in [0.15, 0.2) is 6.61 Å². The molecule has 2 aromatic rings. The molecule has 2 amide bonds. The minimum Gasteiger partial charge on any atom is -0.484 e. The molecular formula is C23H27Cl3N2O3. The number of hydrogen-bond donors (Lipinski definition) is 1. The summed E-state index contributed by atoms with van der Waals surface area (Å²) in [4.78, 5) is 27.5. The highest BCUT2D eigenvalue weighted by Crippen LogP contribution is 2.24. The Morgan fingerprint density at radius 3 is 2.35 bits per heavy atom. The van der Waals surface area contributed by atoms with E-state index in [0.717, 1.165) is 5.56 Å². The molecule has 0 unspecified atom stereocenters. The number of benzene rings is 2. The predicted molar refractivity (Wildman–Crippen MR) is 126 cm³/mol. The molecule has 0 aliphatic carbocycles. The molecule has 5 nitrogen and oxygen atoms in total. The van der Waals surface area contributed by atoms with Crippen LogP contribution in [0.3, 0.4) is 0 Å². The van der Waals surface area contributed by atoms with Crippen molar-refractivity contribution in [2.45, 2.75) is 52.7 Å². The summed E-state index contributed by atoms with van der Waals surface area (Å²) in [5.74, 6) is -0.0259. The lowest BCUT2D eigenvalue weighted by Crippen LogP contribution is -2.51. The lowest BCUT2D eigenvalue weighted by Gasteiger charge is -2.31. The minimum atomic E-state index is -0.669. The van der Waals surface area contributed by atoms with Crippen molar-refractivity contribution in [2.75, 3.05) is 6.61 Å². The fourth-order valence-electron chi connectivity index (χ4n) is 3.07. The van der Waals surface area contributed by atoms with Gasteiger partial charge in [-0.2, -0.15) is 0 Å². The van der Waals surface area contributed by atoms with Crippen LogP contribution in [0.15, 0.2) is 36.4 Å². The fraction of sp³-hybridized carbons (Fsp3) is 0.391. The quantitative estimate of drug-likeness (QED) is 0.498. The van der Waals surface area contributed by atoms with Crippen molar-refractivity contribution in [3.8, 4) is 5.75 Å². The van der Waals surface area contributed by atoms with Gasteiger partial charge in [0.1, 0.15) is 11.8 Å². The van der Waals surface area contributed by atoms with E-state index in [1.54, 1.807) is 36.4 Å². The Morgan fingerprint density at radius 1 is 1.06 bits per heavy atom. The highest BCUT2D eigenvalue weighted by molar-refractivity contribution is 6.35. The van der Waals surface area contributed by atoms with Crippen molar-refractivity contribution in [3.05, 3.63) is 62.6 Å². The van der Waals surface area contributed by atoms with Gasteiger partial charge in [0.2, 0.25) is 5.91 Å². The van der Waals surface area contributed by atoms with E-state index in [1.807, 2.05) is 27.7 Å². The Labute approximate surface area is 198 Å². The topological polar surface area (TPSA) is 58.6 Å². The molecule has 8 heteroatoms. The lowest BCUT2D eigenvalue weighted by atomic mass is 10.1. The van der Waals surface area contributed by atoms with Crippen molar-refractivity contribution < 1.29 is 14.3 Å². The third-order valence-corrected chi connectivity index (χ3v) is 5.68. The average molecular weight is 486 g/mol. The number of rotatable bonds is 9. The summed E-state index contributed by atoms with van der Waals surface area (Å²) in [5.41, 5.74) is 1.54. The van der Waals surface area contributed by atoms with Crippen molar-refractivity contribution >= 4 is 46.6 Å². The summed E-state index contributed by atoms with van der Waals surface area (Å²) in [7, 11) is 0. The monoisotopic (exact) mass is 484 g/mol. The third-order valence-electron chi connectivity index (χ3n) is 4.66. The van der Waals surface area contributed by atoms with Crippen LogP contribution in [0.2, 0.25) is 15.1 Å². The van der Waals surface area contributed by atoms with Crippen LogP contribution in [-0.2, 0) is 16.1 Å². The van der Waals surface area contributed by atoms with Gasteiger partial charge in [-0.25, -0.2) is 0 Å². The molecule has 168 valence electrons. The second kappa shape index (κ2) is 11.6. The molecular weight excluding hydrogens is 459 g/mol. The maximum Gasteiger partial charge on any atom is 0.261 e. The molecule has 0 saturated carbocycles. The van der Waals surface area contributed by atoms with Gasteiger partial charge in [0.25, 0.3) is 5.91 Å². The molecule has 1 N–H and O–H groups in total. The molecule has 1 atom stereocenters. The summed E-state index contributed by atoms with van der Waals surface area (Å²) in [5, 5.41) is 4.43. The van der Waals surface area contributed by atoms with Crippen LogP contribution in [0.4, 0.5) is 0 Å². The first kappa shape index (κ1) is 25.3. The van der Waals surface area contributed by atoms with Crippen molar-refractivity contribution in [1.82, 2.24) is 10.2 Å². The van der Waals surface area contributed by atoms with Gasteiger partial charge in [-0.1, -0.05) is 47.8 Å². The second-order valence-corrected chi connectivity index (χ2v) is 8.80. The molecule has 0 bridgehead atoms. The van der Waals surface area contributed by atoms with Gasteiger partial charge in [0, 0.05) is 27.7 Å². The highest BCUT2D eigenvalue weighted by Gasteiger charge is 2.29. The van der Waals surface area contributed by atoms with E-state index in [2.05, 4.69) is 5.32 Å². The number of carbonyl (C=O) groups excluding carboxylic acids is 2. The molecule has 0 heterocycles. The number of nitrogens with one attached hydrogen (secondary N) is 1. The number of amides is 2. The second-order valence-electron chi connectivity index (χ2n) is 7.54. The molecule has 2 rings (SSSR count). The molecule has 0 fully saturated rings. The average Bonchev–Trinajstić information content (AvgIpc) is 2.69. The third kappa shape index (κ3) is 7.30. The summed E-state index contributed by atoms with van der Waals surface area (Å²) >= 11 is 18.4. The maximum atomic E-state index is 13.2. The summed E-state index contributed by atoms with van der Waals surface area (Å²) in [6.45, 7) is 7.39. The number of hydrogen-bond acceptors (Lipinski definition) is 3. The van der Waals surface area contributed by atoms with Crippen LogP contribution < -0.4 is 10.1 Å². The van der Waals surface area contributed by atoms with Crippen LogP contribution in [0.5, 0.6) is 5.75 Å². The van der Waals surface area contributed by atoms with Crippen molar-refractivity contribution in [1.29, 1.82) is 0 Å². The van der Waals surface area contributed by atoms with Gasteiger partial charge in [0.05, 0.1) is 0 Å². The van der Waals surface area contributed by atoms with Gasteiger partial charge < -0.3 is 15.0 Å². The van der Waals surface area contributed by atoms with E-state index in [4.69, 9.17) is 39.5 Å². The highest BCUT2D eigenvalue weighted by atomic mass is 35.5. The van der Waals surface area contributed by atoms with E-state index in [0.29, 0.717) is 32.8 Å². The first-order chi connectivity index (χ1) is 14.6. The zero-order valence-corrected chi connectivity index (χ0v) is 20.3. The van der Waals surface area contributed by atoms with Crippen LogP contribution in [0.25, 0.3) is 0 Å². The van der Waals surface area contributed by atoms with E-state index in [1.165, 1.54) is 4.90 Å². The van der Waals surface area contributed by atoms with E-state index >= 15 is 0 Å². The predicted octanol–water partition coefficient (Wildman–Crippen LogP) is 5.67. The zero-order valence-electron chi connectivity index (χ0n) is 18.0. The first-order valence-corrected chi connectivity index (χ1v) is 11.2. The van der Waals surface area contributed by atoms with Crippen molar-refractivity contribution in [2.24, 2.45) is 0 Å². The van der Waals surface area contributed by atoms with Crippen molar-refractivity contribution in [3.63, 3.8) is 0 Å². The van der Waals surface area contributed by atoms with E-state index in [-0.39, 0.29) is 31.0 Å². The smallest absolute Gasteiger partial charge is 0.261 e. The minimum absolute atomic E-state index is 0.0501. The maximum absolute atomic E-state index is 13.2. The summed E-state index contributed by atoms with van der Waals surface area (Å²) in [6.07, 6.45) is 0.440. The number of aryl methyl sites for hydroxylation is 1. The molecule has 0 spiro atoms. The van der Waals surface area contributed by atoms with E-state index < -0.39 is 6.04 Å². The largest absolute Gasteiger partial charge is 0.484 e. The zero-order chi connectivity index (χ0) is 23.1. The molecule has 0 aliphatic heterocycles. The van der Waals surface area contributed by atoms with Crippen LogP contribution >= 0.6 is 34.8 Å². The van der Waals surface area contributed by atoms with Gasteiger partial charge in [-0.05, 0) is 68.7 Å². The standard InChI is InChI=1S/C23H27Cl3N2O3/c1-5-21(23(30)27-14(2)3)28(12-16-6-7-17(24)11-20(16)26)22(29)13-31-18-8-9-19(25)15(4)10-18/h6-11,14,21H,5,12-13H2,1-4H3,(H,27,30)/t21-/m0/s1. The number of halogens is 3. The lowest BCUT2D eigenvalue weighted by molar-refractivity contribution is -0.143. The molecule has 0 aromatic heterocycles. The molecule has 0 saturated heterocycles. The fourth-order valence-corrected chi connectivity index (χ4v) is 3.65. The van der Waals surface area contributed by atoms with Gasteiger partial charge in [-0.3, -0.25) is 9.59 Å². The summed E-state index contributed by atoms with van der Waals surface area (Å²) < 4.78 is 5.69. The molecule has 0 aliphatic rings. The Balaban J connectivity index is 2.26. The summed E-state index contributed by atoms with van der Waals surface area (Å²) in [6, 6.07) is 9.53. The van der Waals surface area contributed by atoms with Crippen LogP contribution in [-0.4, -0.2) is 35.4 Å². The Hall–Kier alpha value is -1.95. The molecule has 31 heavy (non-hydrogen) atoms. The molecule has 2 aromatic carbocycles. The van der Waals surface area contributed by atoms with E-state index in [9.17, 15) is 9.59 Å². The first-order valence-electron chi connectivity index (χ1n) is 10.0. The van der Waals surface area contributed by atoms with Crippen LogP contribution in [0, 0.1) is 6.92 Å². The number of ether oxygens (including phenoxy) is 1. The Kier molecular flexibility index (Phi) is 9.48. The Bertz CT molecular complexity index is 934. The number of carbonyl (C=O) groups is 2.